The Balaban J connectivity index is 2.23. The molecule has 0 spiro atoms. The Morgan fingerprint density at radius 3 is 2.58 bits per heavy atom. The first-order valence-electron chi connectivity index (χ1n) is 6.76. The fourth-order valence-corrected chi connectivity index (χ4v) is 2.80. The highest BCUT2D eigenvalue weighted by atomic mass is 35.5. The van der Waals surface area contributed by atoms with E-state index in [4.69, 9.17) is 11.6 Å². The zero-order valence-electron chi connectivity index (χ0n) is 11.9. The average molecular weight is 280 g/mol. The van der Waals surface area contributed by atoms with Gasteiger partial charge in [0.1, 0.15) is 0 Å². The van der Waals surface area contributed by atoms with E-state index in [0.29, 0.717) is 5.02 Å². The highest BCUT2D eigenvalue weighted by Crippen LogP contribution is 2.34. The number of aliphatic hydroxyl groups excluding tert-OH is 1. The first-order chi connectivity index (χ1) is 8.93. The molecule has 1 N–H and O–H groups in total. The third-order valence-electron chi connectivity index (χ3n) is 3.77. The maximum Gasteiger partial charge on any atom is 0.0716 e. The molecule has 0 saturated carbocycles. The molecule has 2 rings (SSSR count). The van der Waals surface area contributed by atoms with Gasteiger partial charge in [-0.3, -0.25) is 0 Å². The molecule has 0 radical (unpaired) electrons. The van der Waals surface area contributed by atoms with E-state index in [1.165, 1.54) is 5.57 Å². The van der Waals surface area contributed by atoms with Gasteiger partial charge < -0.3 is 10.0 Å². The lowest BCUT2D eigenvalue weighted by Gasteiger charge is -2.34. The molecule has 2 nitrogen and oxygen atoms in total. The molecule has 1 aromatic rings. The molecule has 0 aliphatic carbocycles. The van der Waals surface area contributed by atoms with E-state index < -0.39 is 0 Å². The normalized spacial score (nSPS) is 16.5. The number of anilines is 1. The number of rotatable bonds is 2. The zero-order chi connectivity index (χ0) is 14.0. The summed E-state index contributed by atoms with van der Waals surface area (Å²) < 4.78 is 0. The van der Waals surface area contributed by atoms with E-state index >= 15 is 0 Å². The number of aliphatic hydroxyl groups is 1. The van der Waals surface area contributed by atoms with Crippen LogP contribution in [0.3, 0.4) is 0 Å². The first-order valence-corrected chi connectivity index (χ1v) is 7.14. The van der Waals surface area contributed by atoms with Gasteiger partial charge in [0.05, 0.1) is 6.61 Å². The molecule has 1 aromatic carbocycles. The van der Waals surface area contributed by atoms with Crippen molar-refractivity contribution >= 4 is 17.3 Å². The predicted octanol–water partition coefficient (Wildman–Crippen LogP) is 4.01. The highest BCUT2D eigenvalue weighted by molar-refractivity contribution is 6.31. The Morgan fingerprint density at radius 1 is 1.32 bits per heavy atom. The van der Waals surface area contributed by atoms with Crippen LogP contribution in [0.25, 0.3) is 0 Å². The van der Waals surface area contributed by atoms with Crippen LogP contribution in [-0.4, -0.2) is 18.2 Å². The molecule has 0 fully saturated rings. The van der Waals surface area contributed by atoms with E-state index in [-0.39, 0.29) is 12.0 Å². The second kappa shape index (κ2) is 5.56. The summed E-state index contributed by atoms with van der Waals surface area (Å²) in [5.41, 5.74) is 3.65. The molecule has 3 heteroatoms. The van der Waals surface area contributed by atoms with Gasteiger partial charge in [0.15, 0.2) is 0 Å². The van der Waals surface area contributed by atoms with E-state index in [2.05, 4.69) is 31.7 Å². The lowest BCUT2D eigenvalue weighted by atomic mass is 9.83. The van der Waals surface area contributed by atoms with Crippen LogP contribution in [0, 0.1) is 5.41 Å². The fraction of sp³-hybridized carbons (Fsp3) is 0.500. The quantitative estimate of drug-likeness (QED) is 0.827. The van der Waals surface area contributed by atoms with Crippen molar-refractivity contribution in [1.82, 2.24) is 0 Å². The second-order valence-corrected chi connectivity index (χ2v) is 6.48. The molecule has 1 aliphatic rings. The van der Waals surface area contributed by atoms with Gasteiger partial charge in [0.2, 0.25) is 0 Å². The van der Waals surface area contributed by atoms with Gasteiger partial charge in [0.25, 0.3) is 0 Å². The number of hydrogen-bond donors (Lipinski definition) is 1. The molecule has 0 saturated heterocycles. The maximum atomic E-state index is 9.48. The Labute approximate surface area is 120 Å². The molecule has 1 heterocycles. The van der Waals surface area contributed by atoms with Crippen molar-refractivity contribution in [3.05, 3.63) is 40.4 Å². The largest absolute Gasteiger partial charge is 0.392 e. The van der Waals surface area contributed by atoms with Gasteiger partial charge >= 0.3 is 0 Å². The first kappa shape index (κ1) is 14.4. The molecule has 1 aliphatic heterocycles. The monoisotopic (exact) mass is 279 g/mol. The molecule has 0 bridgehead atoms. The Bertz CT molecular complexity index is 488. The van der Waals surface area contributed by atoms with Crippen molar-refractivity contribution in [2.45, 2.75) is 33.8 Å². The molecule has 0 amide bonds. The standard InChI is InChI=1S/C16H22ClNO/c1-16(2,3)12-7-9-18(10-8-12)15-6-4-5-14(17)13(15)11-19/h4-7,19H,8-11H2,1-3H3. The van der Waals surface area contributed by atoms with Gasteiger partial charge in [-0.25, -0.2) is 0 Å². The Hall–Kier alpha value is -0.990. The Morgan fingerprint density at radius 2 is 2.05 bits per heavy atom. The van der Waals surface area contributed by atoms with Crippen LogP contribution in [-0.2, 0) is 6.61 Å². The maximum absolute atomic E-state index is 9.48. The minimum atomic E-state index is -0.0126. The van der Waals surface area contributed by atoms with Crippen LogP contribution < -0.4 is 4.90 Å². The van der Waals surface area contributed by atoms with Gasteiger partial charge in [-0.15, -0.1) is 0 Å². The summed E-state index contributed by atoms with van der Waals surface area (Å²) in [6.45, 7) is 8.63. The fourth-order valence-electron chi connectivity index (χ4n) is 2.57. The van der Waals surface area contributed by atoms with E-state index in [0.717, 1.165) is 30.8 Å². The van der Waals surface area contributed by atoms with Crippen molar-refractivity contribution in [3.63, 3.8) is 0 Å². The van der Waals surface area contributed by atoms with E-state index in [9.17, 15) is 5.11 Å². The summed E-state index contributed by atoms with van der Waals surface area (Å²) >= 11 is 6.15. The van der Waals surface area contributed by atoms with Crippen molar-refractivity contribution in [3.8, 4) is 0 Å². The van der Waals surface area contributed by atoms with Gasteiger partial charge in [-0.1, -0.05) is 50.1 Å². The lowest BCUT2D eigenvalue weighted by molar-refractivity contribution is 0.282. The van der Waals surface area contributed by atoms with Crippen molar-refractivity contribution in [1.29, 1.82) is 0 Å². The highest BCUT2D eigenvalue weighted by Gasteiger charge is 2.22. The summed E-state index contributed by atoms with van der Waals surface area (Å²) in [6.07, 6.45) is 3.38. The zero-order valence-corrected chi connectivity index (χ0v) is 12.7. The lowest BCUT2D eigenvalue weighted by Crippen LogP contribution is -2.31. The molecular weight excluding hydrogens is 258 g/mol. The summed E-state index contributed by atoms with van der Waals surface area (Å²) in [5.74, 6) is 0. The summed E-state index contributed by atoms with van der Waals surface area (Å²) in [6, 6.07) is 5.81. The molecular formula is C16H22ClNO. The van der Waals surface area contributed by atoms with E-state index in [1.807, 2.05) is 18.2 Å². The smallest absolute Gasteiger partial charge is 0.0716 e. The number of benzene rings is 1. The minimum absolute atomic E-state index is 0.0126. The second-order valence-electron chi connectivity index (χ2n) is 6.07. The third kappa shape index (κ3) is 3.13. The molecule has 0 atom stereocenters. The average Bonchev–Trinajstić information content (AvgIpc) is 2.37. The molecule has 0 unspecified atom stereocenters. The number of nitrogens with zero attached hydrogens (tertiary/aromatic N) is 1. The van der Waals surface area contributed by atoms with Gasteiger partial charge in [0, 0.05) is 29.4 Å². The van der Waals surface area contributed by atoms with Crippen LogP contribution >= 0.6 is 11.6 Å². The molecule has 0 aromatic heterocycles. The topological polar surface area (TPSA) is 23.5 Å². The predicted molar refractivity (Wildman–Crippen MR) is 81.7 cm³/mol. The SMILES string of the molecule is CC(C)(C)C1=CCN(c2cccc(Cl)c2CO)CC1. The number of hydrogen-bond acceptors (Lipinski definition) is 2. The third-order valence-corrected chi connectivity index (χ3v) is 4.12. The minimum Gasteiger partial charge on any atom is -0.392 e. The summed E-state index contributed by atoms with van der Waals surface area (Å²) in [7, 11) is 0. The van der Waals surface area contributed by atoms with E-state index in [1.54, 1.807) is 0 Å². The molecule has 19 heavy (non-hydrogen) atoms. The van der Waals surface area contributed by atoms with Crippen LogP contribution in [0.2, 0.25) is 5.02 Å². The van der Waals surface area contributed by atoms with Gasteiger partial charge in [-0.05, 0) is 24.0 Å². The Kier molecular flexibility index (Phi) is 4.22. The summed E-state index contributed by atoms with van der Waals surface area (Å²) in [5, 5.41) is 10.1. The van der Waals surface area contributed by atoms with Gasteiger partial charge in [-0.2, -0.15) is 0 Å². The number of halogens is 1. The summed E-state index contributed by atoms with van der Waals surface area (Å²) in [4.78, 5) is 2.28. The molecule has 104 valence electrons. The van der Waals surface area contributed by atoms with Crippen LogP contribution in [0.5, 0.6) is 0 Å². The van der Waals surface area contributed by atoms with Crippen molar-refractivity contribution < 1.29 is 5.11 Å². The van der Waals surface area contributed by atoms with Crippen molar-refractivity contribution in [2.75, 3.05) is 18.0 Å². The van der Waals surface area contributed by atoms with Crippen molar-refractivity contribution in [2.24, 2.45) is 5.41 Å². The van der Waals surface area contributed by atoms with Crippen LogP contribution in [0.15, 0.2) is 29.8 Å². The van der Waals surface area contributed by atoms with Crippen LogP contribution in [0.4, 0.5) is 5.69 Å². The van der Waals surface area contributed by atoms with Crippen LogP contribution in [0.1, 0.15) is 32.8 Å².